The fourth-order valence-electron chi connectivity index (χ4n) is 3.50. The van der Waals surface area contributed by atoms with Crippen LogP contribution in [0, 0.1) is 0 Å². The Hall–Kier alpha value is -2.78. The van der Waals surface area contributed by atoms with Gasteiger partial charge in [-0.2, -0.15) is 4.98 Å². The van der Waals surface area contributed by atoms with Crippen molar-refractivity contribution in [3.05, 3.63) is 69.4 Å². The summed E-state index contributed by atoms with van der Waals surface area (Å²) in [6.45, 7) is 4.64. The lowest BCUT2D eigenvalue weighted by Crippen LogP contribution is -2.50. The van der Waals surface area contributed by atoms with E-state index in [9.17, 15) is 9.59 Å². The molecule has 8 nitrogen and oxygen atoms in total. The minimum atomic E-state index is -0.190. The maximum absolute atomic E-state index is 12.6. The van der Waals surface area contributed by atoms with Crippen molar-refractivity contribution < 1.29 is 9.32 Å². The average Bonchev–Trinajstić information content (AvgIpc) is 3.27. The Kier molecular flexibility index (Phi) is 6.10. The molecule has 1 aliphatic rings. The van der Waals surface area contributed by atoms with Gasteiger partial charge in [0.1, 0.15) is 6.54 Å². The van der Waals surface area contributed by atoms with Gasteiger partial charge in [-0.1, -0.05) is 35.5 Å². The molecule has 0 N–H and O–H groups in total. The standard InChI is InChI=1S/C21H22BrN5O3/c1-15(21-23-20(24-30-21)16-5-3-2-4-6-16)25-9-11-26(12-10-25)19(29)14-27-13-17(22)7-8-18(27)28/h2-8,13,15H,9-12,14H2,1H3. The summed E-state index contributed by atoms with van der Waals surface area (Å²) in [5.41, 5.74) is 0.724. The zero-order valence-corrected chi connectivity index (χ0v) is 18.2. The van der Waals surface area contributed by atoms with Crippen molar-refractivity contribution in [3.63, 3.8) is 0 Å². The zero-order valence-electron chi connectivity index (χ0n) is 16.6. The molecule has 1 unspecified atom stereocenters. The van der Waals surface area contributed by atoms with Crippen LogP contribution in [0.5, 0.6) is 0 Å². The van der Waals surface area contributed by atoms with Gasteiger partial charge in [-0.3, -0.25) is 14.5 Å². The van der Waals surface area contributed by atoms with Gasteiger partial charge in [0.2, 0.25) is 17.6 Å². The van der Waals surface area contributed by atoms with Crippen LogP contribution in [-0.4, -0.2) is 56.6 Å². The van der Waals surface area contributed by atoms with Crippen molar-refractivity contribution in [2.24, 2.45) is 0 Å². The molecule has 2 aromatic heterocycles. The number of pyridine rings is 1. The van der Waals surface area contributed by atoms with Gasteiger partial charge in [0.25, 0.3) is 5.56 Å². The first-order chi connectivity index (χ1) is 14.5. The Morgan fingerprint density at radius 1 is 1.13 bits per heavy atom. The number of halogens is 1. The predicted octanol–water partition coefficient (Wildman–Crippen LogP) is 2.57. The van der Waals surface area contributed by atoms with Gasteiger partial charge in [-0.05, 0) is 28.9 Å². The third kappa shape index (κ3) is 4.52. The zero-order chi connectivity index (χ0) is 21.1. The van der Waals surface area contributed by atoms with Gasteiger partial charge in [-0.15, -0.1) is 0 Å². The first-order valence-electron chi connectivity index (χ1n) is 9.78. The van der Waals surface area contributed by atoms with Crippen molar-refractivity contribution in [2.75, 3.05) is 26.2 Å². The molecule has 0 spiro atoms. The minimum Gasteiger partial charge on any atom is -0.339 e. The smallest absolute Gasteiger partial charge is 0.251 e. The number of amides is 1. The van der Waals surface area contributed by atoms with Crippen LogP contribution < -0.4 is 5.56 Å². The Balaban J connectivity index is 1.35. The number of carbonyl (C=O) groups excluding carboxylic acids is 1. The Labute approximate surface area is 182 Å². The van der Waals surface area contributed by atoms with Crippen molar-refractivity contribution in [1.82, 2.24) is 24.5 Å². The second-order valence-electron chi connectivity index (χ2n) is 7.23. The third-order valence-electron chi connectivity index (χ3n) is 5.30. The molecule has 1 aromatic carbocycles. The number of hydrogen-bond acceptors (Lipinski definition) is 6. The molecule has 1 saturated heterocycles. The molecule has 30 heavy (non-hydrogen) atoms. The first kappa shape index (κ1) is 20.5. The number of carbonyl (C=O) groups is 1. The normalized spacial score (nSPS) is 15.9. The second kappa shape index (κ2) is 8.93. The third-order valence-corrected chi connectivity index (χ3v) is 5.77. The lowest BCUT2D eigenvalue weighted by Gasteiger charge is -2.36. The van der Waals surface area contributed by atoms with Crippen molar-refractivity contribution in [3.8, 4) is 11.4 Å². The van der Waals surface area contributed by atoms with Crippen LogP contribution in [0.25, 0.3) is 11.4 Å². The van der Waals surface area contributed by atoms with Gasteiger partial charge in [0.05, 0.1) is 6.04 Å². The van der Waals surface area contributed by atoms with Gasteiger partial charge in [-0.25, -0.2) is 0 Å². The number of aromatic nitrogens is 3. The van der Waals surface area contributed by atoms with Crippen LogP contribution in [-0.2, 0) is 11.3 Å². The molecule has 156 valence electrons. The second-order valence-corrected chi connectivity index (χ2v) is 8.14. The van der Waals surface area contributed by atoms with E-state index in [1.54, 1.807) is 17.2 Å². The molecule has 0 saturated carbocycles. The van der Waals surface area contributed by atoms with Crippen LogP contribution >= 0.6 is 15.9 Å². The van der Waals surface area contributed by atoms with Gasteiger partial charge in [0.15, 0.2) is 0 Å². The molecule has 9 heteroatoms. The lowest BCUT2D eigenvalue weighted by atomic mass is 10.2. The van der Waals surface area contributed by atoms with E-state index in [4.69, 9.17) is 4.52 Å². The van der Waals surface area contributed by atoms with E-state index in [2.05, 4.69) is 31.0 Å². The van der Waals surface area contributed by atoms with Crippen LogP contribution in [0.2, 0.25) is 0 Å². The van der Waals surface area contributed by atoms with E-state index in [1.165, 1.54) is 10.6 Å². The molecule has 1 aliphatic heterocycles. The van der Waals surface area contributed by atoms with Gasteiger partial charge in [0, 0.05) is 48.5 Å². The van der Waals surface area contributed by atoms with Crippen LogP contribution in [0.4, 0.5) is 0 Å². The Morgan fingerprint density at radius 2 is 1.87 bits per heavy atom. The summed E-state index contributed by atoms with van der Waals surface area (Å²) in [4.78, 5) is 33.1. The summed E-state index contributed by atoms with van der Waals surface area (Å²) in [6, 6.07) is 12.8. The lowest BCUT2D eigenvalue weighted by molar-refractivity contribution is -0.134. The number of hydrogen-bond donors (Lipinski definition) is 0. The number of piperazine rings is 1. The molecule has 3 heterocycles. The molecular formula is C21H22BrN5O3. The maximum Gasteiger partial charge on any atom is 0.251 e. The highest BCUT2D eigenvalue weighted by molar-refractivity contribution is 9.10. The highest BCUT2D eigenvalue weighted by Crippen LogP contribution is 2.23. The summed E-state index contributed by atoms with van der Waals surface area (Å²) in [6.07, 6.45) is 1.64. The van der Waals surface area contributed by atoms with E-state index in [0.29, 0.717) is 37.9 Å². The summed E-state index contributed by atoms with van der Waals surface area (Å²) in [7, 11) is 0. The van der Waals surface area contributed by atoms with E-state index in [0.717, 1.165) is 10.0 Å². The molecule has 3 aromatic rings. The van der Waals surface area contributed by atoms with E-state index in [-0.39, 0.29) is 24.1 Å². The summed E-state index contributed by atoms with van der Waals surface area (Å²) >= 11 is 3.33. The summed E-state index contributed by atoms with van der Waals surface area (Å²) < 4.78 is 7.67. The van der Waals surface area contributed by atoms with Crippen LogP contribution in [0.1, 0.15) is 18.9 Å². The quantitative estimate of drug-likeness (QED) is 0.568. The fourth-order valence-corrected chi connectivity index (χ4v) is 3.87. The molecule has 0 radical (unpaired) electrons. The molecule has 1 atom stereocenters. The SMILES string of the molecule is CC(c1nc(-c2ccccc2)no1)N1CCN(C(=O)Cn2cc(Br)ccc2=O)CC1. The van der Waals surface area contributed by atoms with Crippen LogP contribution in [0.15, 0.2) is 62.5 Å². The van der Waals surface area contributed by atoms with Crippen molar-refractivity contribution in [1.29, 1.82) is 0 Å². The molecular weight excluding hydrogens is 450 g/mol. The van der Waals surface area contributed by atoms with Gasteiger partial charge < -0.3 is 14.0 Å². The monoisotopic (exact) mass is 471 g/mol. The maximum atomic E-state index is 12.6. The van der Waals surface area contributed by atoms with E-state index < -0.39 is 0 Å². The molecule has 4 rings (SSSR count). The summed E-state index contributed by atoms with van der Waals surface area (Å²) in [5, 5.41) is 4.09. The fraction of sp³-hybridized carbons (Fsp3) is 0.333. The largest absolute Gasteiger partial charge is 0.339 e. The highest BCUT2D eigenvalue weighted by Gasteiger charge is 2.28. The van der Waals surface area contributed by atoms with Crippen LogP contribution in [0.3, 0.4) is 0 Å². The molecule has 1 fully saturated rings. The Morgan fingerprint density at radius 3 is 2.60 bits per heavy atom. The number of benzene rings is 1. The number of nitrogens with zero attached hydrogens (tertiary/aromatic N) is 5. The number of rotatable bonds is 5. The predicted molar refractivity (Wildman–Crippen MR) is 115 cm³/mol. The van der Waals surface area contributed by atoms with Gasteiger partial charge >= 0.3 is 0 Å². The van der Waals surface area contributed by atoms with E-state index in [1.807, 2.05) is 37.3 Å². The average molecular weight is 472 g/mol. The minimum absolute atomic E-state index is 0.0396. The van der Waals surface area contributed by atoms with Crippen molar-refractivity contribution in [2.45, 2.75) is 19.5 Å². The molecule has 0 aliphatic carbocycles. The van der Waals surface area contributed by atoms with E-state index >= 15 is 0 Å². The summed E-state index contributed by atoms with van der Waals surface area (Å²) in [5.74, 6) is 1.08. The topological polar surface area (TPSA) is 84.5 Å². The molecule has 1 amide bonds. The first-order valence-corrected chi connectivity index (χ1v) is 10.6. The van der Waals surface area contributed by atoms with Crippen molar-refractivity contribution >= 4 is 21.8 Å². The molecule has 0 bridgehead atoms. The highest BCUT2D eigenvalue weighted by atomic mass is 79.9. The Bertz CT molecular complexity index is 1070.